The topological polar surface area (TPSA) is 214 Å². The van der Waals surface area contributed by atoms with Crippen LogP contribution in [0.15, 0.2) is 58.1 Å². The van der Waals surface area contributed by atoms with Gasteiger partial charge in [0.1, 0.15) is 30.0 Å². The van der Waals surface area contributed by atoms with Crippen molar-refractivity contribution in [3.63, 3.8) is 0 Å². The van der Waals surface area contributed by atoms with Gasteiger partial charge in [0.25, 0.3) is 5.56 Å². The summed E-state index contributed by atoms with van der Waals surface area (Å²) in [4.78, 5) is 60.6. The van der Waals surface area contributed by atoms with Crippen LogP contribution in [0.2, 0.25) is 0 Å². The number of phenols is 2. The fourth-order valence-corrected chi connectivity index (χ4v) is 10.8. The van der Waals surface area contributed by atoms with E-state index in [1.807, 2.05) is 38.1 Å². The third-order valence-corrected chi connectivity index (χ3v) is 14.4. The van der Waals surface area contributed by atoms with Gasteiger partial charge in [0.2, 0.25) is 0 Å². The largest absolute Gasteiger partial charge is 0.508 e. The van der Waals surface area contributed by atoms with Crippen LogP contribution >= 0.6 is 0 Å². The first-order valence-corrected chi connectivity index (χ1v) is 22.0. The van der Waals surface area contributed by atoms with Gasteiger partial charge in [-0.15, -0.1) is 0 Å². The number of piperidine rings is 1. The molecule has 3 aliphatic heterocycles. The van der Waals surface area contributed by atoms with Gasteiger partial charge in [-0.3, -0.25) is 9.69 Å². The number of ether oxygens (including phenoxy) is 2. The molecule has 3 aromatic carbocycles. The number of aromatic amines is 1. The maximum Gasteiger partial charge on any atom is 0.407 e. The van der Waals surface area contributed by atoms with Crippen molar-refractivity contribution < 1.29 is 38.8 Å². The molecule has 1 amide bonds. The van der Waals surface area contributed by atoms with E-state index in [2.05, 4.69) is 20.4 Å². The molecule has 6 aromatic rings. The van der Waals surface area contributed by atoms with Crippen molar-refractivity contribution >= 4 is 23.0 Å². The number of hydrogen-bond donors (Lipinski definition) is 5. The van der Waals surface area contributed by atoms with Crippen LogP contribution < -0.4 is 16.6 Å². The minimum Gasteiger partial charge on any atom is -0.508 e. The molecular weight excluding hydrogens is 838 g/mol. The number of aryl methyl sites for hydroxylation is 1. The number of nitrogens with one attached hydrogen (secondary N) is 2. The van der Waals surface area contributed by atoms with Crippen LogP contribution in [0.3, 0.4) is 0 Å². The number of rotatable bonds is 8. The number of fused-ring (bicyclic) bond motifs is 6. The lowest BCUT2D eigenvalue weighted by Gasteiger charge is -2.31. The van der Waals surface area contributed by atoms with Crippen molar-refractivity contribution in [1.29, 1.82) is 0 Å². The lowest BCUT2D eigenvalue weighted by Crippen LogP contribution is -2.44. The number of pyridine rings is 2. The summed E-state index contributed by atoms with van der Waals surface area (Å²) in [5.41, 5.74) is 4.02. The first-order chi connectivity index (χ1) is 31.1. The molecule has 65 heavy (non-hydrogen) atoms. The molecule has 6 heterocycles. The number of hydrogen-bond acceptors (Lipinski definition) is 12. The Morgan fingerprint density at radius 1 is 1.05 bits per heavy atom. The minimum absolute atomic E-state index is 0.00234. The Balaban J connectivity index is 0.788. The molecule has 3 unspecified atom stereocenters. The van der Waals surface area contributed by atoms with E-state index >= 15 is 4.39 Å². The second kappa shape index (κ2) is 14.6. The van der Waals surface area contributed by atoms with Crippen LogP contribution in [0, 0.1) is 24.6 Å². The molecule has 0 bridgehead atoms. The van der Waals surface area contributed by atoms with E-state index in [1.54, 1.807) is 30.5 Å². The molecule has 16 nitrogen and oxygen atoms in total. The molecule has 1 saturated carbocycles. The van der Waals surface area contributed by atoms with Crippen molar-refractivity contribution in [2.45, 2.75) is 90.3 Å². The Morgan fingerprint density at radius 3 is 2.52 bits per heavy atom. The monoisotopic (exact) mass is 883 g/mol. The van der Waals surface area contributed by atoms with Gasteiger partial charge in [0.15, 0.2) is 11.4 Å². The summed E-state index contributed by atoms with van der Waals surface area (Å²) >= 11 is 0. The number of halogens is 1. The number of cyclic esters (lactones) is 1. The predicted octanol–water partition coefficient (Wildman–Crippen LogP) is 5.45. The molecule has 11 rings (SSSR count). The Kier molecular flexibility index (Phi) is 9.18. The Labute approximate surface area is 370 Å². The number of carbonyl (C=O) groups is 2. The van der Waals surface area contributed by atoms with Gasteiger partial charge < -0.3 is 34.7 Å². The van der Waals surface area contributed by atoms with E-state index in [4.69, 9.17) is 14.5 Å². The number of likely N-dealkylation sites (tertiary alicyclic amines) is 1. The molecule has 334 valence electrons. The number of nitrogens with zero attached hydrogens (tertiary/aromatic N) is 5. The van der Waals surface area contributed by atoms with E-state index in [9.17, 15) is 34.5 Å². The molecule has 4 atom stereocenters. The van der Waals surface area contributed by atoms with E-state index in [1.165, 1.54) is 16.7 Å². The summed E-state index contributed by atoms with van der Waals surface area (Å²) < 4.78 is 29.6. The first kappa shape index (κ1) is 40.9. The van der Waals surface area contributed by atoms with Crippen LogP contribution in [-0.4, -0.2) is 75.8 Å². The quantitative estimate of drug-likeness (QED) is 0.121. The number of alkyl carbamates (subject to hydrolysis) is 1. The van der Waals surface area contributed by atoms with Crippen LogP contribution in [0.5, 0.6) is 11.5 Å². The maximum atomic E-state index is 15.4. The molecule has 2 fully saturated rings. The number of aromatic nitrogens is 5. The van der Waals surface area contributed by atoms with E-state index in [-0.39, 0.29) is 71.9 Å². The van der Waals surface area contributed by atoms with E-state index in [0.29, 0.717) is 64.2 Å². The molecule has 1 saturated heterocycles. The fourth-order valence-electron chi connectivity index (χ4n) is 10.8. The number of aliphatic hydroxyl groups is 1. The highest BCUT2D eigenvalue weighted by Crippen LogP contribution is 2.49. The highest BCUT2D eigenvalue weighted by molar-refractivity contribution is 5.93. The number of benzene rings is 3. The Morgan fingerprint density at radius 2 is 1.80 bits per heavy atom. The van der Waals surface area contributed by atoms with Crippen molar-refractivity contribution in [1.82, 2.24) is 34.5 Å². The van der Waals surface area contributed by atoms with Crippen molar-refractivity contribution in [2.24, 2.45) is 11.8 Å². The van der Waals surface area contributed by atoms with Crippen LogP contribution in [0.4, 0.5) is 9.18 Å². The maximum absolute atomic E-state index is 15.4. The number of phenolic OH excluding ortho intramolecular Hbond substituents is 2. The van der Waals surface area contributed by atoms with Crippen molar-refractivity contribution in [3.05, 3.63) is 120 Å². The number of H-pyrrole nitrogens is 1. The van der Waals surface area contributed by atoms with Gasteiger partial charge in [-0.25, -0.2) is 33.4 Å². The molecule has 5 N–H and O–H groups in total. The van der Waals surface area contributed by atoms with Gasteiger partial charge in [-0.2, -0.15) is 5.10 Å². The van der Waals surface area contributed by atoms with E-state index < -0.39 is 40.8 Å². The van der Waals surface area contributed by atoms with Gasteiger partial charge in [-0.1, -0.05) is 32.9 Å². The molecule has 5 aliphatic rings. The second-order valence-electron chi connectivity index (χ2n) is 18.4. The van der Waals surface area contributed by atoms with Gasteiger partial charge >= 0.3 is 17.8 Å². The second-order valence-corrected chi connectivity index (χ2v) is 18.4. The van der Waals surface area contributed by atoms with Crippen LogP contribution in [0.1, 0.15) is 90.1 Å². The van der Waals surface area contributed by atoms with Gasteiger partial charge in [0, 0.05) is 60.1 Å². The fraction of sp³-hybridized carbons (Fsp3) is 0.375. The van der Waals surface area contributed by atoms with Gasteiger partial charge in [0.05, 0.1) is 46.3 Å². The zero-order valence-electron chi connectivity index (χ0n) is 36.1. The smallest absolute Gasteiger partial charge is 0.407 e. The summed E-state index contributed by atoms with van der Waals surface area (Å²) in [6, 6.07) is 12.9. The lowest BCUT2D eigenvalue weighted by molar-refractivity contribution is -0.172. The van der Waals surface area contributed by atoms with Crippen LogP contribution in [-0.2, 0) is 46.0 Å². The standard InChI is InChI=1S/C48H46FN7O9/c1-5-48(63)32-13-36-41-30(19-55(36)44(59)31(32)20-64-45(48)60)40-34(11-10-25-22(4)33(49)14-35(50-41)39(25)40)51-47(62)65-42-28-17-54(18-29(28)42)16-23-6-8-24(9-7-23)56-43(52-53-46(56)61)27-12-26(21(2)3)37(57)15-38(27)58/h6-9,12-15,21,28-29,34,42,57-58,63H,5,10-11,16-20H2,1-4H3,(H,51,62)(H,53,61)/t28?,29?,34?,42?,48-/m0/s1. The number of esters is 1. The third kappa shape index (κ3) is 6.22. The molecule has 2 aliphatic carbocycles. The number of carbonyl (C=O) groups excluding carboxylic acids is 2. The SMILES string of the molecule is CC[C@@]1(O)C(=O)OCc2c1cc1n(c2=O)Cc2c-1nc1cc(F)c(C)c3c1c2C(NC(=O)OC1C2CN(Cc4ccc(-n5c(-c6cc(C(C)C)c(O)cc6O)n[nH]c5=O)cc4)CC21)CC3. The summed E-state index contributed by atoms with van der Waals surface area (Å²) in [5, 5.41) is 43.0. The van der Waals surface area contributed by atoms with Gasteiger partial charge in [-0.05, 0) is 84.2 Å². The Hall–Kier alpha value is -6.85. The summed E-state index contributed by atoms with van der Waals surface area (Å²) in [7, 11) is 0. The molecule has 3 aromatic heterocycles. The summed E-state index contributed by atoms with van der Waals surface area (Å²) in [6.07, 6.45) is 0.154. The highest BCUT2D eigenvalue weighted by atomic mass is 19.1. The summed E-state index contributed by atoms with van der Waals surface area (Å²) in [5.74, 6) is -0.935. The third-order valence-electron chi connectivity index (χ3n) is 14.4. The first-order valence-electron chi connectivity index (χ1n) is 22.0. The molecule has 0 radical (unpaired) electrons. The van der Waals surface area contributed by atoms with E-state index in [0.717, 1.165) is 35.2 Å². The zero-order chi connectivity index (χ0) is 45.4. The average Bonchev–Trinajstić information content (AvgIpc) is 3.62. The van der Waals surface area contributed by atoms with Crippen molar-refractivity contribution in [2.75, 3.05) is 13.1 Å². The number of amides is 1. The number of aromatic hydroxyl groups is 2. The predicted molar refractivity (Wildman–Crippen MR) is 233 cm³/mol. The minimum atomic E-state index is -2.00. The molecule has 17 heteroatoms. The summed E-state index contributed by atoms with van der Waals surface area (Å²) in [6.45, 7) is 9.19. The van der Waals surface area contributed by atoms with Crippen molar-refractivity contribution in [3.8, 4) is 40.0 Å². The normalized spacial score (nSPS) is 22.7. The average molecular weight is 884 g/mol. The Bertz CT molecular complexity index is 3160. The zero-order valence-corrected chi connectivity index (χ0v) is 36.1. The highest BCUT2D eigenvalue weighted by Gasteiger charge is 2.58. The van der Waals surface area contributed by atoms with Crippen LogP contribution in [0.25, 0.3) is 39.4 Å². The molecular formula is C48H46FN7O9. The lowest BCUT2D eigenvalue weighted by atomic mass is 9.81. The molecule has 0 spiro atoms.